The van der Waals surface area contributed by atoms with Gasteiger partial charge in [-0.05, 0) is 61.0 Å². The quantitative estimate of drug-likeness (QED) is 0.290. The number of thioether (sulfide) groups is 1. The molecule has 3 heterocycles. The summed E-state index contributed by atoms with van der Waals surface area (Å²) in [6.07, 6.45) is 0. The third-order valence-electron chi connectivity index (χ3n) is 7.00. The normalized spacial score (nSPS) is 19.9. The summed E-state index contributed by atoms with van der Waals surface area (Å²) in [5.74, 6) is -2.81. The number of fused-ring (bicyclic) bond motifs is 2. The molecular weight excluding hydrogens is 617 g/mol. The summed E-state index contributed by atoms with van der Waals surface area (Å²) in [6.45, 7) is 1.64. The van der Waals surface area contributed by atoms with Crippen molar-refractivity contribution < 1.29 is 18.8 Å². The fourth-order valence-electron chi connectivity index (χ4n) is 5.11. The molecule has 0 bridgehead atoms. The lowest BCUT2D eigenvalue weighted by Gasteiger charge is -2.30. The number of rotatable bonds is 5. The zero-order chi connectivity index (χ0) is 28.1. The Morgan fingerprint density at radius 1 is 0.950 bits per heavy atom. The summed E-state index contributed by atoms with van der Waals surface area (Å²) in [6, 6.07) is 20.0. The molecular formula is C29H21BrFN3O4S2. The second-order valence-corrected chi connectivity index (χ2v) is 12.7. The van der Waals surface area contributed by atoms with Crippen LogP contribution in [-0.2, 0) is 20.9 Å². The summed E-state index contributed by atoms with van der Waals surface area (Å²) in [5.41, 5.74) is 2.71. The van der Waals surface area contributed by atoms with Crippen LogP contribution in [0.3, 0.4) is 0 Å². The number of halogens is 2. The molecule has 1 saturated heterocycles. The number of aromatic nitrogens is 1. The molecule has 2 aliphatic rings. The summed E-state index contributed by atoms with van der Waals surface area (Å²) in [4.78, 5) is 55.3. The number of nitrogens with one attached hydrogen (secondary N) is 1. The highest BCUT2D eigenvalue weighted by atomic mass is 79.9. The van der Waals surface area contributed by atoms with Crippen molar-refractivity contribution >= 4 is 68.1 Å². The standard InChI is InChI=1S/C29H21BrFN3O4S2/c1-15-2-12-20(13-3-15)34-26(36)23-22(16-4-6-17(30)7-5-16)25-28(39-24(23)27(34)37)33(29(38)40-25)14-21(35)32-19-10-8-18(31)9-11-19/h2-13,22-24H,14H2,1H3,(H,32,35)/t22-,23-,24+/m0/s1. The van der Waals surface area contributed by atoms with Gasteiger partial charge in [-0.3, -0.25) is 23.7 Å². The molecule has 0 spiro atoms. The lowest BCUT2D eigenvalue weighted by molar-refractivity contribution is -0.122. The van der Waals surface area contributed by atoms with E-state index < -0.39 is 28.8 Å². The molecule has 1 aromatic heterocycles. The van der Waals surface area contributed by atoms with E-state index in [0.29, 0.717) is 21.3 Å². The molecule has 3 aromatic carbocycles. The Labute approximate surface area is 245 Å². The first-order chi connectivity index (χ1) is 19.2. The first-order valence-electron chi connectivity index (χ1n) is 12.4. The predicted molar refractivity (Wildman–Crippen MR) is 156 cm³/mol. The number of amides is 3. The van der Waals surface area contributed by atoms with Crippen molar-refractivity contribution in [2.45, 2.75) is 29.7 Å². The Bertz CT molecular complexity index is 1700. The van der Waals surface area contributed by atoms with Crippen molar-refractivity contribution in [3.63, 3.8) is 0 Å². The third-order valence-corrected chi connectivity index (χ3v) is 10.1. The fraction of sp³-hybridized carbons (Fsp3) is 0.172. The van der Waals surface area contributed by atoms with Crippen molar-refractivity contribution in [1.29, 1.82) is 0 Å². The number of thiazole rings is 1. The zero-order valence-corrected chi connectivity index (χ0v) is 24.2. The largest absolute Gasteiger partial charge is 0.325 e. The van der Waals surface area contributed by atoms with Gasteiger partial charge in [-0.2, -0.15) is 0 Å². The molecule has 6 rings (SSSR count). The Hall–Kier alpha value is -3.54. The van der Waals surface area contributed by atoms with Gasteiger partial charge in [0.2, 0.25) is 17.7 Å². The van der Waals surface area contributed by atoms with Crippen molar-refractivity contribution in [2.24, 2.45) is 5.92 Å². The molecule has 0 radical (unpaired) electrons. The predicted octanol–water partition coefficient (Wildman–Crippen LogP) is 5.55. The minimum absolute atomic E-state index is 0.288. The van der Waals surface area contributed by atoms with Crippen LogP contribution in [0, 0.1) is 18.7 Å². The van der Waals surface area contributed by atoms with Gasteiger partial charge in [-0.15, -0.1) is 0 Å². The number of imide groups is 1. The maximum atomic E-state index is 13.9. The Morgan fingerprint density at radius 2 is 1.62 bits per heavy atom. The van der Waals surface area contributed by atoms with Gasteiger partial charge in [0.25, 0.3) is 0 Å². The van der Waals surface area contributed by atoms with Crippen LogP contribution in [0.25, 0.3) is 0 Å². The van der Waals surface area contributed by atoms with Gasteiger partial charge in [0.15, 0.2) is 0 Å². The summed E-state index contributed by atoms with van der Waals surface area (Å²) in [5, 5.41) is 2.42. The number of carbonyl (C=O) groups is 3. The average Bonchev–Trinajstić information content (AvgIpc) is 3.37. The van der Waals surface area contributed by atoms with Crippen molar-refractivity contribution in [2.75, 3.05) is 10.2 Å². The van der Waals surface area contributed by atoms with E-state index in [-0.39, 0.29) is 23.2 Å². The van der Waals surface area contributed by atoms with E-state index >= 15 is 0 Å². The highest BCUT2D eigenvalue weighted by molar-refractivity contribution is 9.10. The molecule has 11 heteroatoms. The number of aryl methyl sites for hydroxylation is 1. The highest BCUT2D eigenvalue weighted by Crippen LogP contribution is 2.53. The number of nitrogens with zero attached hydrogens (tertiary/aromatic N) is 2. The van der Waals surface area contributed by atoms with Crippen LogP contribution in [-0.4, -0.2) is 27.5 Å². The molecule has 4 aromatic rings. The minimum atomic E-state index is -0.768. The monoisotopic (exact) mass is 637 g/mol. The van der Waals surface area contributed by atoms with Crippen LogP contribution < -0.4 is 15.1 Å². The molecule has 202 valence electrons. The van der Waals surface area contributed by atoms with E-state index in [0.717, 1.165) is 38.7 Å². The molecule has 7 nitrogen and oxygen atoms in total. The van der Waals surface area contributed by atoms with Crippen LogP contribution in [0.2, 0.25) is 0 Å². The maximum absolute atomic E-state index is 13.9. The Morgan fingerprint density at radius 3 is 2.30 bits per heavy atom. The maximum Gasteiger partial charge on any atom is 0.308 e. The summed E-state index contributed by atoms with van der Waals surface area (Å²) >= 11 is 5.60. The number of hydrogen-bond acceptors (Lipinski definition) is 6. The third kappa shape index (κ3) is 4.71. The molecule has 40 heavy (non-hydrogen) atoms. The van der Waals surface area contributed by atoms with E-state index in [9.17, 15) is 23.6 Å². The zero-order valence-electron chi connectivity index (χ0n) is 21.0. The second kappa shape index (κ2) is 10.5. The fourth-order valence-corrected chi connectivity index (χ4v) is 8.15. The van der Waals surface area contributed by atoms with Crippen molar-refractivity contribution in [3.05, 3.63) is 109 Å². The molecule has 3 atom stereocenters. The van der Waals surface area contributed by atoms with E-state index in [1.807, 2.05) is 43.3 Å². The molecule has 0 saturated carbocycles. The van der Waals surface area contributed by atoms with Gasteiger partial charge >= 0.3 is 4.87 Å². The lowest BCUT2D eigenvalue weighted by atomic mass is 9.83. The van der Waals surface area contributed by atoms with E-state index in [1.54, 1.807) is 12.1 Å². The second-order valence-electron chi connectivity index (χ2n) is 9.62. The van der Waals surface area contributed by atoms with Gasteiger partial charge in [-0.25, -0.2) is 9.29 Å². The van der Waals surface area contributed by atoms with Gasteiger partial charge in [0.05, 0.1) is 16.6 Å². The van der Waals surface area contributed by atoms with Crippen LogP contribution in [0.1, 0.15) is 21.9 Å². The van der Waals surface area contributed by atoms with Crippen LogP contribution >= 0.6 is 39.0 Å². The molecule has 1 fully saturated rings. The molecule has 0 aliphatic carbocycles. The number of carbonyl (C=O) groups excluding carboxylic acids is 3. The Kier molecular flexibility index (Phi) is 6.97. The number of hydrogen-bond donors (Lipinski definition) is 1. The Balaban J connectivity index is 1.40. The molecule has 1 N–H and O–H groups in total. The minimum Gasteiger partial charge on any atom is -0.325 e. The van der Waals surface area contributed by atoms with Crippen LogP contribution in [0.15, 0.2) is 87.1 Å². The first kappa shape index (κ1) is 26.7. The lowest BCUT2D eigenvalue weighted by Crippen LogP contribution is -2.33. The van der Waals surface area contributed by atoms with Crippen molar-refractivity contribution in [1.82, 2.24) is 4.57 Å². The summed E-state index contributed by atoms with van der Waals surface area (Å²) in [7, 11) is 0. The van der Waals surface area contributed by atoms with Crippen molar-refractivity contribution in [3.8, 4) is 0 Å². The van der Waals surface area contributed by atoms with E-state index in [1.165, 1.54) is 33.7 Å². The van der Waals surface area contributed by atoms with Gasteiger partial charge in [-0.1, -0.05) is 68.9 Å². The van der Waals surface area contributed by atoms with Gasteiger partial charge in [0, 0.05) is 21.0 Å². The SMILES string of the molecule is Cc1ccc(N2C(=O)[C@H]3[C@H](c4ccc(Br)cc4)c4sc(=O)n(CC(=O)Nc5ccc(F)cc5)c4S[C@H]3C2=O)cc1. The molecule has 2 aliphatic heterocycles. The smallest absolute Gasteiger partial charge is 0.308 e. The highest BCUT2D eigenvalue weighted by Gasteiger charge is 2.56. The van der Waals surface area contributed by atoms with Crippen LogP contribution in [0.4, 0.5) is 15.8 Å². The number of benzene rings is 3. The topological polar surface area (TPSA) is 88.5 Å². The van der Waals surface area contributed by atoms with Crippen LogP contribution in [0.5, 0.6) is 0 Å². The molecule has 0 unspecified atom stereocenters. The van der Waals surface area contributed by atoms with Gasteiger partial charge < -0.3 is 5.32 Å². The first-order valence-corrected chi connectivity index (χ1v) is 14.9. The summed E-state index contributed by atoms with van der Waals surface area (Å²) < 4.78 is 15.5. The van der Waals surface area contributed by atoms with E-state index in [2.05, 4.69) is 21.2 Å². The average molecular weight is 639 g/mol. The number of anilines is 2. The van der Waals surface area contributed by atoms with Gasteiger partial charge in [0.1, 0.15) is 17.6 Å². The molecule has 3 amide bonds. The van der Waals surface area contributed by atoms with E-state index in [4.69, 9.17) is 0 Å².